The topological polar surface area (TPSA) is 44.5 Å². The van der Waals surface area contributed by atoms with E-state index in [2.05, 4.69) is 33.5 Å². The first-order valence-corrected chi connectivity index (χ1v) is 2.71. The zero-order chi connectivity index (χ0) is 7.82. The van der Waals surface area contributed by atoms with Crippen molar-refractivity contribution < 1.29 is 9.47 Å². The van der Waals surface area contributed by atoms with Crippen molar-refractivity contribution in [3.8, 4) is 24.1 Å². The highest BCUT2D eigenvalue weighted by Gasteiger charge is 1.95. The SMILES string of the molecule is CC#COC(N)OC#CC. The summed E-state index contributed by atoms with van der Waals surface area (Å²) < 4.78 is 9.17. The van der Waals surface area contributed by atoms with Crippen LogP contribution in [0.1, 0.15) is 13.8 Å². The minimum absolute atomic E-state index is 0.875. The van der Waals surface area contributed by atoms with Crippen LogP contribution in [0.2, 0.25) is 0 Å². The molecule has 3 nitrogen and oxygen atoms in total. The Hall–Kier alpha value is -1.32. The second-order valence-corrected chi connectivity index (χ2v) is 1.31. The minimum atomic E-state index is -0.875. The van der Waals surface area contributed by atoms with Gasteiger partial charge in [-0.1, -0.05) is 11.8 Å². The third-order valence-corrected chi connectivity index (χ3v) is 0.554. The lowest BCUT2D eigenvalue weighted by atomic mass is 10.8. The Kier molecular flexibility index (Phi) is 5.04. The zero-order valence-electron chi connectivity index (χ0n) is 5.97. The smallest absolute Gasteiger partial charge is 0.318 e. The van der Waals surface area contributed by atoms with Crippen LogP contribution in [0.4, 0.5) is 0 Å². The molecule has 3 heteroatoms. The second kappa shape index (κ2) is 5.81. The molecule has 0 aliphatic carbocycles. The zero-order valence-corrected chi connectivity index (χ0v) is 5.97. The van der Waals surface area contributed by atoms with E-state index in [0.29, 0.717) is 0 Å². The highest BCUT2D eigenvalue weighted by molar-refractivity contribution is 4.87. The molecule has 0 rings (SSSR count). The van der Waals surface area contributed by atoms with Gasteiger partial charge in [0.1, 0.15) is 12.2 Å². The Labute approximate surface area is 60.5 Å². The average molecular weight is 139 g/mol. The molecule has 0 saturated heterocycles. The van der Waals surface area contributed by atoms with Gasteiger partial charge in [-0.15, -0.1) is 0 Å². The predicted octanol–water partition coefficient (Wildman–Crippen LogP) is 0.223. The maximum atomic E-state index is 5.20. The van der Waals surface area contributed by atoms with E-state index in [0.717, 1.165) is 0 Å². The van der Waals surface area contributed by atoms with Gasteiger partial charge in [0.05, 0.1) is 0 Å². The van der Waals surface area contributed by atoms with Crippen LogP contribution in [-0.2, 0) is 9.47 Å². The minimum Gasteiger partial charge on any atom is -0.390 e. The summed E-state index contributed by atoms with van der Waals surface area (Å²) >= 11 is 0. The van der Waals surface area contributed by atoms with Gasteiger partial charge in [-0.05, 0) is 0 Å². The fraction of sp³-hybridized carbons (Fsp3) is 0.429. The molecule has 0 aliphatic heterocycles. The molecule has 54 valence electrons. The molecule has 0 amide bonds. The molecular formula is C7H9NO2. The first-order valence-electron chi connectivity index (χ1n) is 2.71. The van der Waals surface area contributed by atoms with E-state index in [1.807, 2.05) is 0 Å². The van der Waals surface area contributed by atoms with Gasteiger partial charge in [0.15, 0.2) is 0 Å². The van der Waals surface area contributed by atoms with Gasteiger partial charge in [0, 0.05) is 13.8 Å². The molecule has 2 N–H and O–H groups in total. The lowest BCUT2D eigenvalue weighted by Crippen LogP contribution is -2.23. The summed E-state index contributed by atoms with van der Waals surface area (Å²) in [5.74, 6) is 4.99. The third kappa shape index (κ3) is 4.83. The Balaban J connectivity index is 3.46. The van der Waals surface area contributed by atoms with Gasteiger partial charge >= 0.3 is 6.41 Å². The molecule has 0 heterocycles. The Bertz CT molecular complexity index is 169. The fourth-order valence-electron chi connectivity index (χ4n) is 0.258. The molecule has 0 aromatic carbocycles. The van der Waals surface area contributed by atoms with E-state index in [-0.39, 0.29) is 0 Å². The molecule has 0 aromatic rings. The maximum absolute atomic E-state index is 5.20. The van der Waals surface area contributed by atoms with Crippen LogP contribution in [0.3, 0.4) is 0 Å². The molecule has 0 atom stereocenters. The van der Waals surface area contributed by atoms with Gasteiger partial charge in [-0.25, -0.2) is 0 Å². The number of rotatable bonds is 2. The number of ether oxygens (including phenoxy) is 2. The van der Waals surface area contributed by atoms with Crippen molar-refractivity contribution in [2.75, 3.05) is 0 Å². The molecule has 0 saturated carbocycles. The van der Waals surface area contributed by atoms with Crippen molar-refractivity contribution in [2.45, 2.75) is 20.3 Å². The summed E-state index contributed by atoms with van der Waals surface area (Å²) in [7, 11) is 0. The van der Waals surface area contributed by atoms with E-state index in [1.54, 1.807) is 13.8 Å². The van der Waals surface area contributed by atoms with Crippen molar-refractivity contribution in [1.29, 1.82) is 0 Å². The predicted molar refractivity (Wildman–Crippen MR) is 37.0 cm³/mol. The van der Waals surface area contributed by atoms with E-state index in [1.165, 1.54) is 0 Å². The van der Waals surface area contributed by atoms with Crippen LogP contribution in [0.15, 0.2) is 0 Å². The van der Waals surface area contributed by atoms with Gasteiger partial charge in [-0.2, -0.15) is 0 Å². The molecule has 0 unspecified atom stereocenters. The summed E-state index contributed by atoms with van der Waals surface area (Å²) in [4.78, 5) is 0. The van der Waals surface area contributed by atoms with Gasteiger partial charge in [0.25, 0.3) is 0 Å². The summed E-state index contributed by atoms with van der Waals surface area (Å²) in [5, 5.41) is 0. The largest absolute Gasteiger partial charge is 0.390 e. The van der Waals surface area contributed by atoms with Crippen molar-refractivity contribution in [1.82, 2.24) is 0 Å². The van der Waals surface area contributed by atoms with E-state index in [9.17, 15) is 0 Å². The summed E-state index contributed by atoms with van der Waals surface area (Å²) in [5.41, 5.74) is 5.20. The monoisotopic (exact) mass is 139 g/mol. The standard InChI is InChI=1S/C7H9NO2/c1-3-5-9-7(8)10-6-4-2/h7H,8H2,1-2H3. The molecule has 0 aromatic heterocycles. The van der Waals surface area contributed by atoms with Crippen LogP contribution in [0, 0.1) is 24.1 Å². The molecule has 0 fully saturated rings. The Morgan fingerprint density at radius 1 is 1.10 bits per heavy atom. The van der Waals surface area contributed by atoms with Crippen LogP contribution in [0.5, 0.6) is 0 Å². The molecule has 0 spiro atoms. The Morgan fingerprint density at radius 3 is 1.80 bits per heavy atom. The number of hydrogen-bond donors (Lipinski definition) is 1. The van der Waals surface area contributed by atoms with Crippen molar-refractivity contribution in [2.24, 2.45) is 5.73 Å². The number of nitrogens with two attached hydrogens (primary N) is 1. The Morgan fingerprint density at radius 2 is 1.50 bits per heavy atom. The van der Waals surface area contributed by atoms with Crippen LogP contribution in [-0.4, -0.2) is 6.41 Å². The highest BCUT2D eigenvalue weighted by Crippen LogP contribution is 1.81. The molecule has 0 bridgehead atoms. The molecule has 10 heavy (non-hydrogen) atoms. The normalized spacial score (nSPS) is 6.80. The lowest BCUT2D eigenvalue weighted by Gasteiger charge is -2.03. The molecule has 0 radical (unpaired) electrons. The second-order valence-electron chi connectivity index (χ2n) is 1.31. The van der Waals surface area contributed by atoms with Crippen LogP contribution >= 0.6 is 0 Å². The first-order chi connectivity index (χ1) is 4.81. The van der Waals surface area contributed by atoms with Crippen LogP contribution < -0.4 is 5.73 Å². The number of hydrogen-bond acceptors (Lipinski definition) is 3. The molecular weight excluding hydrogens is 130 g/mol. The lowest BCUT2D eigenvalue weighted by molar-refractivity contribution is -0.0335. The van der Waals surface area contributed by atoms with Gasteiger partial charge in [-0.3, -0.25) is 5.73 Å². The third-order valence-electron chi connectivity index (χ3n) is 0.554. The van der Waals surface area contributed by atoms with Crippen molar-refractivity contribution in [3.05, 3.63) is 0 Å². The summed E-state index contributed by atoms with van der Waals surface area (Å²) in [6.45, 7) is 3.27. The van der Waals surface area contributed by atoms with Gasteiger partial charge < -0.3 is 9.47 Å². The van der Waals surface area contributed by atoms with E-state index in [4.69, 9.17) is 5.73 Å². The molecule has 0 aliphatic rings. The first kappa shape index (κ1) is 8.68. The summed E-state index contributed by atoms with van der Waals surface area (Å²) in [6.07, 6.45) is 3.70. The van der Waals surface area contributed by atoms with Crippen LogP contribution in [0.25, 0.3) is 0 Å². The van der Waals surface area contributed by atoms with E-state index < -0.39 is 6.41 Å². The van der Waals surface area contributed by atoms with Gasteiger partial charge in [0.2, 0.25) is 0 Å². The average Bonchev–Trinajstić information content (AvgIpc) is 1.97. The maximum Gasteiger partial charge on any atom is 0.318 e. The van der Waals surface area contributed by atoms with E-state index >= 15 is 0 Å². The highest BCUT2D eigenvalue weighted by atomic mass is 16.7. The quantitative estimate of drug-likeness (QED) is 0.439. The van der Waals surface area contributed by atoms with Crippen molar-refractivity contribution in [3.63, 3.8) is 0 Å². The fourth-order valence-corrected chi connectivity index (χ4v) is 0.258. The van der Waals surface area contributed by atoms with Crippen molar-refractivity contribution >= 4 is 0 Å². The summed E-state index contributed by atoms with van der Waals surface area (Å²) in [6, 6.07) is 0.